The molecule has 1 aliphatic rings. The standard InChI is InChI=1S/C12H14N4/c1-16-5-4-9-6-8(2-3-11(9)16)10-7-14-15-12(10)13/h2-3,6-7H,4-5H2,1H3,(H3,13,14,15). The lowest BCUT2D eigenvalue weighted by atomic mass is 10.0. The second kappa shape index (κ2) is 3.27. The Labute approximate surface area is 94.1 Å². The van der Waals surface area contributed by atoms with Crippen molar-refractivity contribution in [3.05, 3.63) is 30.0 Å². The predicted octanol–water partition coefficient (Wildman–Crippen LogP) is 1.65. The van der Waals surface area contributed by atoms with E-state index in [1.54, 1.807) is 6.20 Å². The maximum Gasteiger partial charge on any atom is 0.126 e. The second-order valence-electron chi connectivity index (χ2n) is 4.21. The summed E-state index contributed by atoms with van der Waals surface area (Å²) in [6, 6.07) is 6.46. The van der Waals surface area contributed by atoms with E-state index in [9.17, 15) is 0 Å². The van der Waals surface area contributed by atoms with Crippen molar-refractivity contribution < 1.29 is 0 Å². The first kappa shape index (κ1) is 9.27. The molecule has 1 aliphatic heterocycles. The maximum atomic E-state index is 5.82. The van der Waals surface area contributed by atoms with Gasteiger partial charge < -0.3 is 10.6 Å². The van der Waals surface area contributed by atoms with E-state index in [0.717, 1.165) is 24.1 Å². The van der Waals surface area contributed by atoms with Gasteiger partial charge in [0.2, 0.25) is 0 Å². The Bertz CT molecular complexity index is 530. The molecule has 0 bridgehead atoms. The third-order valence-corrected chi connectivity index (χ3v) is 3.19. The maximum absolute atomic E-state index is 5.82. The number of nitrogen functional groups attached to an aromatic ring is 1. The minimum Gasteiger partial charge on any atom is -0.384 e. The molecule has 0 radical (unpaired) electrons. The minimum atomic E-state index is 0.631. The van der Waals surface area contributed by atoms with Crippen molar-refractivity contribution in [2.24, 2.45) is 0 Å². The molecule has 2 heterocycles. The van der Waals surface area contributed by atoms with Gasteiger partial charge in [0.05, 0.1) is 6.20 Å². The summed E-state index contributed by atoms with van der Waals surface area (Å²) < 4.78 is 0. The fourth-order valence-corrected chi connectivity index (χ4v) is 2.26. The Morgan fingerprint density at radius 1 is 1.44 bits per heavy atom. The number of nitrogens with one attached hydrogen (secondary N) is 1. The third-order valence-electron chi connectivity index (χ3n) is 3.19. The van der Waals surface area contributed by atoms with Gasteiger partial charge in [-0.3, -0.25) is 5.10 Å². The van der Waals surface area contributed by atoms with Crippen molar-refractivity contribution in [3.63, 3.8) is 0 Å². The molecule has 0 saturated carbocycles. The minimum absolute atomic E-state index is 0.631. The molecule has 1 aromatic carbocycles. The number of anilines is 2. The van der Waals surface area contributed by atoms with E-state index in [1.807, 2.05) is 0 Å². The first-order valence-electron chi connectivity index (χ1n) is 5.39. The lowest BCUT2D eigenvalue weighted by Crippen LogP contribution is -2.12. The van der Waals surface area contributed by atoms with Gasteiger partial charge in [0, 0.05) is 24.8 Å². The summed E-state index contributed by atoms with van der Waals surface area (Å²) in [7, 11) is 2.12. The molecular weight excluding hydrogens is 200 g/mol. The molecule has 0 amide bonds. The van der Waals surface area contributed by atoms with Crippen LogP contribution in [0.2, 0.25) is 0 Å². The molecule has 1 aromatic heterocycles. The van der Waals surface area contributed by atoms with Gasteiger partial charge in [0.25, 0.3) is 0 Å². The molecule has 0 spiro atoms. The summed E-state index contributed by atoms with van der Waals surface area (Å²) in [5.41, 5.74) is 10.7. The Hall–Kier alpha value is -1.97. The zero-order chi connectivity index (χ0) is 11.1. The Kier molecular flexibility index (Phi) is 1.89. The van der Waals surface area contributed by atoms with Crippen LogP contribution in [0, 0.1) is 0 Å². The smallest absolute Gasteiger partial charge is 0.126 e. The first-order chi connectivity index (χ1) is 7.75. The van der Waals surface area contributed by atoms with E-state index in [4.69, 9.17) is 5.73 Å². The van der Waals surface area contributed by atoms with Crippen LogP contribution in [0.4, 0.5) is 11.5 Å². The van der Waals surface area contributed by atoms with Crippen molar-refractivity contribution in [2.45, 2.75) is 6.42 Å². The van der Waals surface area contributed by atoms with Gasteiger partial charge in [-0.15, -0.1) is 0 Å². The summed E-state index contributed by atoms with van der Waals surface area (Å²) in [4.78, 5) is 2.28. The fourth-order valence-electron chi connectivity index (χ4n) is 2.26. The van der Waals surface area contributed by atoms with Crippen LogP contribution in [-0.4, -0.2) is 23.8 Å². The summed E-state index contributed by atoms with van der Waals surface area (Å²) in [5, 5.41) is 6.71. The zero-order valence-corrected chi connectivity index (χ0v) is 9.20. The average molecular weight is 214 g/mol. The third kappa shape index (κ3) is 1.26. The van der Waals surface area contributed by atoms with Gasteiger partial charge in [-0.1, -0.05) is 6.07 Å². The van der Waals surface area contributed by atoms with Crippen molar-refractivity contribution >= 4 is 11.5 Å². The van der Waals surface area contributed by atoms with Gasteiger partial charge >= 0.3 is 0 Å². The molecule has 82 valence electrons. The van der Waals surface area contributed by atoms with Crippen LogP contribution < -0.4 is 10.6 Å². The molecule has 16 heavy (non-hydrogen) atoms. The van der Waals surface area contributed by atoms with Crippen LogP contribution in [0.15, 0.2) is 24.4 Å². The first-order valence-corrected chi connectivity index (χ1v) is 5.39. The summed E-state index contributed by atoms with van der Waals surface area (Å²) in [6.07, 6.45) is 2.88. The largest absolute Gasteiger partial charge is 0.384 e. The Balaban J connectivity index is 2.09. The number of H-pyrrole nitrogens is 1. The van der Waals surface area contributed by atoms with Crippen LogP contribution in [0.3, 0.4) is 0 Å². The van der Waals surface area contributed by atoms with E-state index in [1.165, 1.54) is 11.3 Å². The molecule has 0 atom stereocenters. The van der Waals surface area contributed by atoms with Crippen LogP contribution in [0.5, 0.6) is 0 Å². The SMILES string of the molecule is CN1CCc2cc(-c3cn[nH]c3N)ccc21. The fraction of sp³-hybridized carbons (Fsp3) is 0.250. The number of nitrogens with zero attached hydrogens (tertiary/aromatic N) is 2. The van der Waals surface area contributed by atoms with Crippen molar-refractivity contribution in [1.29, 1.82) is 0 Å². The molecule has 0 unspecified atom stereocenters. The van der Waals surface area contributed by atoms with Crippen LogP contribution in [-0.2, 0) is 6.42 Å². The van der Waals surface area contributed by atoms with Crippen molar-refractivity contribution in [1.82, 2.24) is 10.2 Å². The average Bonchev–Trinajstić information content (AvgIpc) is 2.86. The molecular formula is C12H14N4. The highest BCUT2D eigenvalue weighted by atomic mass is 15.1. The number of hydrogen-bond acceptors (Lipinski definition) is 3. The second-order valence-corrected chi connectivity index (χ2v) is 4.21. The van der Waals surface area contributed by atoms with E-state index < -0.39 is 0 Å². The number of hydrogen-bond donors (Lipinski definition) is 2. The molecule has 0 fully saturated rings. The van der Waals surface area contributed by atoms with E-state index in [0.29, 0.717) is 5.82 Å². The molecule has 3 rings (SSSR count). The molecule has 4 heteroatoms. The van der Waals surface area contributed by atoms with Crippen LogP contribution >= 0.6 is 0 Å². The highest BCUT2D eigenvalue weighted by Crippen LogP contribution is 2.32. The predicted molar refractivity (Wildman–Crippen MR) is 65.4 cm³/mol. The lowest BCUT2D eigenvalue weighted by molar-refractivity contribution is 0.956. The summed E-state index contributed by atoms with van der Waals surface area (Å²) in [6.45, 7) is 1.10. The van der Waals surface area contributed by atoms with Crippen molar-refractivity contribution in [3.8, 4) is 11.1 Å². The molecule has 2 aromatic rings. The number of rotatable bonds is 1. The van der Waals surface area contributed by atoms with E-state index in [2.05, 4.69) is 40.3 Å². The molecule has 3 N–H and O–H groups in total. The Morgan fingerprint density at radius 3 is 3.06 bits per heavy atom. The quantitative estimate of drug-likeness (QED) is 0.759. The van der Waals surface area contributed by atoms with Crippen molar-refractivity contribution in [2.75, 3.05) is 24.2 Å². The number of fused-ring (bicyclic) bond motifs is 1. The number of benzene rings is 1. The number of nitrogens with two attached hydrogens (primary N) is 1. The Morgan fingerprint density at radius 2 is 2.31 bits per heavy atom. The van der Waals surface area contributed by atoms with E-state index in [-0.39, 0.29) is 0 Å². The highest BCUT2D eigenvalue weighted by Gasteiger charge is 2.16. The number of likely N-dealkylation sites (N-methyl/N-ethyl adjacent to an activating group) is 1. The van der Waals surface area contributed by atoms with Crippen LogP contribution in [0.25, 0.3) is 11.1 Å². The number of aromatic nitrogens is 2. The van der Waals surface area contributed by atoms with Gasteiger partial charge in [0.1, 0.15) is 5.82 Å². The van der Waals surface area contributed by atoms with Gasteiger partial charge in [-0.25, -0.2) is 0 Å². The monoisotopic (exact) mass is 214 g/mol. The van der Waals surface area contributed by atoms with Gasteiger partial charge in [-0.05, 0) is 29.7 Å². The highest BCUT2D eigenvalue weighted by molar-refractivity contribution is 5.76. The summed E-state index contributed by atoms with van der Waals surface area (Å²) in [5.74, 6) is 0.631. The lowest BCUT2D eigenvalue weighted by Gasteiger charge is -2.11. The zero-order valence-electron chi connectivity index (χ0n) is 9.20. The number of aromatic amines is 1. The molecule has 0 aliphatic carbocycles. The summed E-state index contributed by atoms with van der Waals surface area (Å²) >= 11 is 0. The molecule has 0 saturated heterocycles. The van der Waals surface area contributed by atoms with E-state index >= 15 is 0 Å². The van der Waals surface area contributed by atoms with Crippen LogP contribution in [0.1, 0.15) is 5.56 Å². The normalized spacial score (nSPS) is 14.2. The van der Waals surface area contributed by atoms with Gasteiger partial charge in [0.15, 0.2) is 0 Å². The molecule has 4 nitrogen and oxygen atoms in total. The topological polar surface area (TPSA) is 57.9 Å². The van der Waals surface area contributed by atoms with Gasteiger partial charge in [-0.2, -0.15) is 5.10 Å².